The van der Waals surface area contributed by atoms with Gasteiger partial charge in [-0.15, -0.1) is 0 Å². The summed E-state index contributed by atoms with van der Waals surface area (Å²) in [6.45, 7) is 0. The Morgan fingerprint density at radius 3 is 1.41 bits per heavy atom. The van der Waals surface area contributed by atoms with Crippen molar-refractivity contribution in [1.82, 2.24) is 4.98 Å². The normalized spacial score (nSPS) is 9.88. The number of pyridine rings is 1. The van der Waals surface area contributed by atoms with Gasteiger partial charge in [-0.05, 0) is 9.85 Å². The van der Waals surface area contributed by atoms with E-state index < -0.39 is 43.5 Å². The maximum absolute atomic E-state index is 10.6. The first kappa shape index (κ1) is 12.0. The van der Waals surface area contributed by atoms with Crippen LogP contribution in [0, 0.1) is 30.3 Å². The van der Waals surface area contributed by atoms with Crippen LogP contribution in [0.25, 0.3) is 0 Å². The zero-order valence-electron chi connectivity index (χ0n) is 7.89. The summed E-state index contributed by atoms with van der Waals surface area (Å²) < 4.78 is 0. The van der Waals surface area contributed by atoms with Gasteiger partial charge in [-0.3, -0.25) is 10.1 Å². The van der Waals surface area contributed by atoms with E-state index in [1.807, 2.05) is 0 Å². The quantitative estimate of drug-likeness (QED) is 0.541. The monoisotopic (exact) mass is 244 g/mol. The number of aromatic nitrogens is 1. The molecule has 0 amide bonds. The Bertz CT molecular complexity index is 502. The molecule has 0 fully saturated rings. The summed E-state index contributed by atoms with van der Waals surface area (Å²) in [4.78, 5) is 31.0. The zero-order valence-corrected chi connectivity index (χ0v) is 7.89. The van der Waals surface area contributed by atoms with Gasteiger partial charge in [0, 0.05) is 4.98 Å². The first-order valence-electron chi connectivity index (χ1n) is 3.79. The van der Waals surface area contributed by atoms with Gasteiger partial charge in [-0.25, -0.2) is 0 Å². The number of nitrogen functional groups attached to an aromatic ring is 2. The van der Waals surface area contributed by atoms with Crippen molar-refractivity contribution in [2.24, 2.45) is 0 Å². The molecule has 0 saturated heterocycles. The number of hydrogen-bond donors (Lipinski definition) is 2. The summed E-state index contributed by atoms with van der Waals surface area (Å²) in [5, 5.41) is 31.5. The minimum Gasteiger partial charge on any atom is -0.386 e. The molecule has 0 aliphatic heterocycles. The summed E-state index contributed by atoms with van der Waals surface area (Å²) in [7, 11) is 0. The van der Waals surface area contributed by atoms with Gasteiger partial charge in [0.05, 0.1) is 4.92 Å². The lowest BCUT2D eigenvalue weighted by Crippen LogP contribution is -2.09. The lowest BCUT2D eigenvalue weighted by Gasteiger charge is -2.02. The smallest absolute Gasteiger partial charge is 0.386 e. The SMILES string of the molecule is Nc1c([N+](=O)[O-])nc([N+](=O)[O-])c(N)c1[N+](=O)[O-]. The summed E-state index contributed by atoms with van der Waals surface area (Å²) in [5.41, 5.74) is 7.26. The fourth-order valence-corrected chi connectivity index (χ4v) is 1.05. The Morgan fingerprint density at radius 2 is 1.18 bits per heavy atom. The van der Waals surface area contributed by atoms with Gasteiger partial charge in [0.2, 0.25) is 11.4 Å². The maximum atomic E-state index is 10.6. The van der Waals surface area contributed by atoms with E-state index in [0.29, 0.717) is 0 Å². The van der Waals surface area contributed by atoms with Gasteiger partial charge in [0.25, 0.3) is 0 Å². The van der Waals surface area contributed by atoms with E-state index >= 15 is 0 Å². The van der Waals surface area contributed by atoms with Crippen LogP contribution in [0.4, 0.5) is 28.7 Å². The first-order chi connectivity index (χ1) is 7.77. The van der Waals surface area contributed by atoms with Crippen molar-refractivity contribution in [1.29, 1.82) is 0 Å². The molecular weight excluding hydrogens is 240 g/mol. The van der Waals surface area contributed by atoms with Crippen LogP contribution in [0.1, 0.15) is 0 Å². The molecule has 90 valence electrons. The van der Waals surface area contributed by atoms with Crippen molar-refractivity contribution in [3.63, 3.8) is 0 Å². The number of nitrogens with zero attached hydrogens (tertiary/aromatic N) is 4. The number of nitro groups is 3. The highest BCUT2D eigenvalue weighted by atomic mass is 16.6. The predicted molar refractivity (Wildman–Crippen MR) is 53.0 cm³/mol. The number of nitrogens with two attached hydrogens (primary N) is 2. The number of anilines is 2. The third-order valence-electron chi connectivity index (χ3n) is 1.73. The average Bonchev–Trinajstić information content (AvgIpc) is 2.15. The standard InChI is InChI=1S/C5H4N6O6/c6-1-3(9(12)13)2(7)5(11(16)17)8-4(1)10(14)15/h6-7H2. The molecule has 0 spiro atoms. The van der Waals surface area contributed by atoms with Gasteiger partial charge in [0.1, 0.15) is 0 Å². The maximum Gasteiger partial charge on any atom is 0.398 e. The van der Waals surface area contributed by atoms with Gasteiger partial charge >= 0.3 is 17.3 Å². The molecule has 4 N–H and O–H groups in total. The first-order valence-corrected chi connectivity index (χ1v) is 3.79. The molecule has 0 radical (unpaired) electrons. The van der Waals surface area contributed by atoms with Gasteiger partial charge in [-0.1, -0.05) is 0 Å². The number of rotatable bonds is 3. The van der Waals surface area contributed by atoms with Crippen LogP contribution < -0.4 is 11.5 Å². The molecular formula is C5H4N6O6. The molecule has 17 heavy (non-hydrogen) atoms. The van der Waals surface area contributed by atoms with E-state index in [0.717, 1.165) is 0 Å². The van der Waals surface area contributed by atoms with Crippen LogP contribution in [-0.4, -0.2) is 19.8 Å². The van der Waals surface area contributed by atoms with Crippen LogP contribution in [0.15, 0.2) is 0 Å². The summed E-state index contributed by atoms with van der Waals surface area (Å²) in [6.07, 6.45) is 0. The van der Waals surface area contributed by atoms with Crippen LogP contribution in [0.5, 0.6) is 0 Å². The van der Waals surface area contributed by atoms with E-state index in [9.17, 15) is 30.3 Å². The second kappa shape index (κ2) is 3.84. The van der Waals surface area contributed by atoms with E-state index in [1.54, 1.807) is 0 Å². The second-order valence-corrected chi connectivity index (χ2v) is 2.71. The highest BCUT2D eigenvalue weighted by molar-refractivity contribution is 5.83. The number of hydrogen-bond acceptors (Lipinski definition) is 9. The Morgan fingerprint density at radius 1 is 0.824 bits per heavy atom. The minimum absolute atomic E-state index is 0.928. The van der Waals surface area contributed by atoms with E-state index in [2.05, 4.69) is 4.98 Å². The Labute approximate surface area is 91.3 Å². The molecule has 1 heterocycles. The van der Waals surface area contributed by atoms with Gasteiger partial charge in [-0.2, -0.15) is 0 Å². The third-order valence-corrected chi connectivity index (χ3v) is 1.73. The largest absolute Gasteiger partial charge is 0.398 e. The van der Waals surface area contributed by atoms with E-state index in [-0.39, 0.29) is 0 Å². The molecule has 12 heteroatoms. The molecule has 0 saturated carbocycles. The van der Waals surface area contributed by atoms with Crippen LogP contribution in [0.3, 0.4) is 0 Å². The minimum atomic E-state index is -1.18. The van der Waals surface area contributed by atoms with E-state index in [4.69, 9.17) is 11.5 Å². The van der Waals surface area contributed by atoms with Crippen molar-refractivity contribution in [2.75, 3.05) is 11.5 Å². The molecule has 0 bridgehead atoms. The molecule has 0 unspecified atom stereocenters. The summed E-state index contributed by atoms with van der Waals surface area (Å²) >= 11 is 0. The predicted octanol–water partition coefficient (Wildman–Crippen LogP) is -0.0294. The molecule has 0 aliphatic rings. The Kier molecular flexibility index (Phi) is 2.71. The molecule has 0 atom stereocenters. The van der Waals surface area contributed by atoms with Crippen molar-refractivity contribution < 1.29 is 14.8 Å². The van der Waals surface area contributed by atoms with Crippen LogP contribution in [0.2, 0.25) is 0 Å². The highest BCUT2D eigenvalue weighted by Gasteiger charge is 2.35. The molecule has 1 aromatic rings. The van der Waals surface area contributed by atoms with Crippen molar-refractivity contribution >= 4 is 28.7 Å². The van der Waals surface area contributed by atoms with Crippen LogP contribution >= 0.6 is 0 Å². The molecule has 1 rings (SSSR count). The fourth-order valence-electron chi connectivity index (χ4n) is 1.05. The molecule has 0 aliphatic carbocycles. The van der Waals surface area contributed by atoms with Crippen molar-refractivity contribution in [2.45, 2.75) is 0 Å². The van der Waals surface area contributed by atoms with Gasteiger partial charge in [0.15, 0.2) is 0 Å². The fraction of sp³-hybridized carbons (Fsp3) is 0. The average molecular weight is 244 g/mol. The Balaban J connectivity index is 3.76. The topological polar surface area (TPSA) is 194 Å². The Hall–Kier alpha value is -3.05. The van der Waals surface area contributed by atoms with Crippen LogP contribution in [-0.2, 0) is 0 Å². The molecule has 1 aromatic heterocycles. The van der Waals surface area contributed by atoms with E-state index in [1.165, 1.54) is 0 Å². The second-order valence-electron chi connectivity index (χ2n) is 2.71. The summed E-state index contributed by atoms with van der Waals surface area (Å²) in [6, 6.07) is 0. The molecule has 12 nitrogen and oxygen atoms in total. The lowest BCUT2D eigenvalue weighted by molar-refractivity contribution is -0.407. The van der Waals surface area contributed by atoms with Crippen molar-refractivity contribution in [3.05, 3.63) is 30.3 Å². The highest BCUT2D eigenvalue weighted by Crippen LogP contribution is 2.39. The lowest BCUT2D eigenvalue weighted by atomic mass is 10.2. The van der Waals surface area contributed by atoms with Crippen molar-refractivity contribution in [3.8, 4) is 0 Å². The summed E-state index contributed by atoms with van der Waals surface area (Å²) in [5.74, 6) is -2.37. The molecule has 0 aromatic carbocycles. The zero-order chi connectivity index (χ0) is 13.3. The third kappa shape index (κ3) is 1.85. The van der Waals surface area contributed by atoms with Gasteiger partial charge < -0.3 is 31.7 Å².